The van der Waals surface area contributed by atoms with Crippen LogP contribution in [0.1, 0.15) is 0 Å². The quantitative estimate of drug-likeness (QED) is 0.688. The van der Waals surface area contributed by atoms with Crippen LogP contribution in [0.15, 0.2) is 35.6 Å². The summed E-state index contributed by atoms with van der Waals surface area (Å²) in [6, 6.07) is 3.71. The van der Waals surface area contributed by atoms with Crippen LogP contribution in [-0.4, -0.2) is 6.34 Å². The van der Waals surface area contributed by atoms with Gasteiger partial charge in [-0.2, -0.15) is 3.51 Å². The molecule has 5 heteroatoms. The van der Waals surface area contributed by atoms with Gasteiger partial charge in [0.1, 0.15) is 6.20 Å². The highest BCUT2D eigenvalue weighted by Gasteiger charge is 2.27. The summed E-state index contributed by atoms with van der Waals surface area (Å²) in [5.41, 5.74) is 0.557. The first-order chi connectivity index (χ1) is 6.62. The SMILES string of the molecule is Fc1ccc([N+]2(Br)C=CN=C2)cc1F. The molecule has 1 aliphatic rings. The molecule has 0 aliphatic carbocycles. The lowest BCUT2D eigenvalue weighted by Crippen LogP contribution is -2.27. The van der Waals surface area contributed by atoms with E-state index in [1.54, 1.807) is 18.7 Å². The second kappa shape index (κ2) is 3.25. The standard InChI is InChI=1S/C9H6BrF2N2/c10-14(4-3-13-6-14)7-1-2-8(11)9(12)5-7/h1-6H/q+1. The molecule has 1 atom stereocenters. The minimum absolute atomic E-state index is 0.0736. The molecule has 0 aromatic heterocycles. The minimum Gasteiger partial charge on any atom is -0.205 e. The highest BCUT2D eigenvalue weighted by atomic mass is 79.9. The van der Waals surface area contributed by atoms with Crippen LogP contribution in [0.2, 0.25) is 0 Å². The fraction of sp³-hybridized carbons (Fsp3) is 0. The van der Waals surface area contributed by atoms with Crippen molar-refractivity contribution in [3.63, 3.8) is 0 Å². The van der Waals surface area contributed by atoms with E-state index >= 15 is 0 Å². The fourth-order valence-electron chi connectivity index (χ4n) is 1.16. The largest absolute Gasteiger partial charge is 0.246 e. The zero-order valence-corrected chi connectivity index (χ0v) is 8.58. The Hall–Kier alpha value is -1.07. The third-order valence-electron chi connectivity index (χ3n) is 1.90. The van der Waals surface area contributed by atoms with Gasteiger partial charge in [-0.1, -0.05) is 0 Å². The Morgan fingerprint density at radius 3 is 2.57 bits per heavy atom. The number of nitrogens with zero attached hydrogens (tertiary/aromatic N) is 2. The molecule has 0 bridgehead atoms. The molecule has 0 N–H and O–H groups in total. The van der Waals surface area contributed by atoms with E-state index in [1.807, 2.05) is 0 Å². The number of hydrogen-bond donors (Lipinski definition) is 0. The molecule has 1 unspecified atom stereocenters. The van der Waals surface area contributed by atoms with Crippen LogP contribution in [-0.2, 0) is 0 Å². The van der Waals surface area contributed by atoms with E-state index in [0.717, 1.165) is 12.1 Å². The topological polar surface area (TPSA) is 12.4 Å². The van der Waals surface area contributed by atoms with Crippen molar-refractivity contribution in [1.82, 2.24) is 3.51 Å². The van der Waals surface area contributed by atoms with Crippen molar-refractivity contribution >= 4 is 28.2 Å². The third kappa shape index (κ3) is 1.49. The fourth-order valence-corrected chi connectivity index (χ4v) is 1.59. The van der Waals surface area contributed by atoms with E-state index in [1.165, 1.54) is 6.07 Å². The van der Waals surface area contributed by atoms with Crippen molar-refractivity contribution in [3.05, 3.63) is 42.2 Å². The smallest absolute Gasteiger partial charge is 0.205 e. The van der Waals surface area contributed by atoms with Crippen molar-refractivity contribution < 1.29 is 8.78 Å². The zero-order valence-electron chi connectivity index (χ0n) is 6.99. The maximum absolute atomic E-state index is 12.9. The maximum Gasteiger partial charge on any atom is 0.246 e. The Kier molecular flexibility index (Phi) is 2.20. The van der Waals surface area contributed by atoms with E-state index in [0.29, 0.717) is 5.69 Å². The molecule has 2 rings (SSSR count). The highest BCUT2D eigenvalue weighted by molar-refractivity contribution is 9.09. The van der Waals surface area contributed by atoms with Crippen LogP contribution in [0, 0.1) is 11.6 Å². The number of benzene rings is 1. The van der Waals surface area contributed by atoms with Crippen molar-refractivity contribution in [3.8, 4) is 0 Å². The Bertz CT molecular complexity index is 417. The van der Waals surface area contributed by atoms with Gasteiger partial charge >= 0.3 is 0 Å². The Morgan fingerprint density at radius 2 is 2.00 bits per heavy atom. The molecule has 14 heavy (non-hydrogen) atoms. The normalized spacial score (nSPS) is 24.5. The second-order valence-electron chi connectivity index (χ2n) is 2.85. The van der Waals surface area contributed by atoms with Crippen LogP contribution in [0.5, 0.6) is 0 Å². The van der Waals surface area contributed by atoms with Crippen LogP contribution >= 0.6 is 16.1 Å². The molecule has 1 aliphatic heterocycles. The Labute approximate surface area is 88.1 Å². The highest BCUT2D eigenvalue weighted by Crippen LogP contribution is 2.30. The molecule has 0 spiro atoms. The van der Waals surface area contributed by atoms with Gasteiger partial charge in [-0.3, -0.25) is 0 Å². The van der Waals surface area contributed by atoms with Crippen molar-refractivity contribution in [2.75, 3.05) is 0 Å². The van der Waals surface area contributed by atoms with Gasteiger partial charge < -0.3 is 0 Å². The van der Waals surface area contributed by atoms with Crippen molar-refractivity contribution in [2.45, 2.75) is 0 Å². The van der Waals surface area contributed by atoms with Crippen LogP contribution in [0.25, 0.3) is 0 Å². The predicted molar refractivity (Wildman–Crippen MR) is 54.7 cm³/mol. The van der Waals surface area contributed by atoms with E-state index < -0.39 is 11.6 Å². The number of aliphatic imine (C=N–C) groups is 1. The van der Waals surface area contributed by atoms with Gasteiger partial charge in [0, 0.05) is 12.1 Å². The molecule has 0 fully saturated rings. The van der Waals surface area contributed by atoms with E-state index in [4.69, 9.17) is 0 Å². The second-order valence-corrected chi connectivity index (χ2v) is 4.02. The molecule has 1 heterocycles. The molecule has 1 aromatic carbocycles. The Morgan fingerprint density at radius 1 is 1.21 bits per heavy atom. The lowest BCUT2D eigenvalue weighted by Gasteiger charge is -2.16. The monoisotopic (exact) mass is 259 g/mol. The average Bonchev–Trinajstić information content (AvgIpc) is 2.58. The molecule has 0 saturated carbocycles. The molecule has 0 radical (unpaired) electrons. The third-order valence-corrected chi connectivity index (χ3v) is 2.73. The first-order valence-corrected chi connectivity index (χ1v) is 4.58. The molecule has 1 aromatic rings. The van der Waals surface area contributed by atoms with Gasteiger partial charge in [0.05, 0.1) is 6.20 Å². The molecule has 2 nitrogen and oxygen atoms in total. The number of rotatable bonds is 1. The van der Waals surface area contributed by atoms with E-state index in [2.05, 4.69) is 21.1 Å². The molecule has 0 amide bonds. The lowest BCUT2D eigenvalue weighted by molar-refractivity contribution is 0.508. The first-order valence-electron chi connectivity index (χ1n) is 3.87. The molecule has 0 saturated heterocycles. The van der Waals surface area contributed by atoms with Crippen LogP contribution in [0.4, 0.5) is 14.5 Å². The molecular weight excluding hydrogens is 254 g/mol. The van der Waals surface area contributed by atoms with Gasteiger partial charge in [0.2, 0.25) is 22.5 Å². The average molecular weight is 260 g/mol. The summed E-state index contributed by atoms with van der Waals surface area (Å²) >= 11 is 3.32. The van der Waals surface area contributed by atoms with Crippen molar-refractivity contribution in [2.24, 2.45) is 4.99 Å². The number of quaternary nitrogens is 1. The summed E-state index contributed by atoms with van der Waals surface area (Å²) in [6.07, 6.45) is 4.84. The van der Waals surface area contributed by atoms with Gasteiger partial charge in [0.15, 0.2) is 17.3 Å². The summed E-state index contributed by atoms with van der Waals surface area (Å²) in [6.45, 7) is 0. The van der Waals surface area contributed by atoms with Gasteiger partial charge in [0.25, 0.3) is 0 Å². The maximum atomic E-state index is 12.9. The minimum atomic E-state index is -0.867. The van der Waals surface area contributed by atoms with Gasteiger partial charge in [-0.05, 0) is 6.07 Å². The van der Waals surface area contributed by atoms with E-state index in [9.17, 15) is 8.78 Å². The van der Waals surface area contributed by atoms with Gasteiger partial charge in [-0.25, -0.2) is 13.8 Å². The summed E-state index contributed by atoms with van der Waals surface area (Å²) in [5, 5.41) is 0. The summed E-state index contributed by atoms with van der Waals surface area (Å²) < 4.78 is 25.7. The predicted octanol–water partition coefficient (Wildman–Crippen LogP) is 3.10. The van der Waals surface area contributed by atoms with Gasteiger partial charge in [-0.15, -0.1) is 0 Å². The molecular formula is C9H6BrF2N2+. The van der Waals surface area contributed by atoms with Crippen LogP contribution < -0.4 is 3.51 Å². The summed E-state index contributed by atoms with van der Waals surface area (Å²) in [7, 11) is 0. The summed E-state index contributed by atoms with van der Waals surface area (Å²) in [5.74, 6) is -1.72. The number of halogens is 3. The Balaban J connectivity index is 2.47. The van der Waals surface area contributed by atoms with Crippen molar-refractivity contribution in [1.29, 1.82) is 0 Å². The molecule has 72 valence electrons. The summed E-state index contributed by atoms with van der Waals surface area (Å²) in [4.78, 5) is 3.87. The zero-order chi connectivity index (χ0) is 10.2. The first kappa shape index (κ1) is 9.48. The lowest BCUT2D eigenvalue weighted by atomic mass is 10.3. The van der Waals surface area contributed by atoms with E-state index in [-0.39, 0.29) is 3.51 Å². The number of hydrogen-bond acceptors (Lipinski definition) is 1. The van der Waals surface area contributed by atoms with Crippen LogP contribution in [0.3, 0.4) is 0 Å².